The van der Waals surface area contributed by atoms with E-state index in [1.54, 1.807) is 0 Å². The van der Waals surface area contributed by atoms with E-state index in [4.69, 9.17) is 11.6 Å². The van der Waals surface area contributed by atoms with Crippen LogP contribution in [-0.2, 0) is 0 Å². The van der Waals surface area contributed by atoms with E-state index in [1.165, 1.54) is 17.8 Å². The summed E-state index contributed by atoms with van der Waals surface area (Å²) in [5, 5.41) is 0. The van der Waals surface area contributed by atoms with Gasteiger partial charge >= 0.3 is 6.18 Å². The fourth-order valence-electron chi connectivity index (χ4n) is 1.19. The smallest absolute Gasteiger partial charge is 0.273 e. The van der Waals surface area contributed by atoms with Gasteiger partial charge in [0.15, 0.2) is 4.87 Å². The third-order valence-corrected chi connectivity index (χ3v) is 3.31. The van der Waals surface area contributed by atoms with E-state index < -0.39 is 11.1 Å². The summed E-state index contributed by atoms with van der Waals surface area (Å²) in [5.74, 6) is 0.469. The van der Waals surface area contributed by atoms with Crippen LogP contribution in [0.4, 0.5) is 13.2 Å². The van der Waals surface area contributed by atoms with Crippen LogP contribution in [0.15, 0.2) is 28.1 Å². The Kier molecular flexibility index (Phi) is 2.19. The number of aliphatic imine (C=N–C) groups is 1. The number of hydrogen-bond acceptors (Lipinski definition) is 2. The van der Waals surface area contributed by atoms with Crippen LogP contribution in [0.5, 0.6) is 0 Å². The van der Waals surface area contributed by atoms with Crippen molar-refractivity contribution < 1.29 is 13.2 Å². The van der Waals surface area contributed by atoms with Gasteiger partial charge in [0.1, 0.15) is 0 Å². The highest BCUT2D eigenvalue weighted by Gasteiger charge is 2.52. The van der Waals surface area contributed by atoms with E-state index in [-0.39, 0.29) is 0 Å². The zero-order valence-electron chi connectivity index (χ0n) is 6.81. The minimum absolute atomic E-state index is 0.469. The molecular weight excluding hydrogens is 235 g/mol. The highest BCUT2D eigenvalue weighted by molar-refractivity contribution is 8.04. The molecule has 0 aromatic heterocycles. The maximum Gasteiger partial charge on any atom is 0.414 e. The van der Waals surface area contributed by atoms with E-state index in [1.807, 2.05) is 0 Å². The first-order valence-corrected chi connectivity index (χ1v) is 5.14. The van der Waals surface area contributed by atoms with E-state index in [0.29, 0.717) is 16.5 Å². The highest BCUT2D eigenvalue weighted by Crippen LogP contribution is 2.44. The van der Waals surface area contributed by atoms with Gasteiger partial charge < -0.3 is 0 Å². The Hall–Kier alpha value is -0.420. The predicted octanol–water partition coefficient (Wildman–Crippen LogP) is 3.13. The number of hydrogen-bond donors (Lipinski definition) is 0. The van der Waals surface area contributed by atoms with Gasteiger partial charge in [-0.1, -0.05) is 0 Å². The molecule has 0 fully saturated rings. The van der Waals surface area contributed by atoms with Crippen molar-refractivity contribution in [3.8, 4) is 0 Å². The number of alkyl halides is 4. The summed E-state index contributed by atoms with van der Waals surface area (Å²) in [7, 11) is 0. The summed E-state index contributed by atoms with van der Waals surface area (Å²) in [5.41, 5.74) is 0.593. The first-order chi connectivity index (χ1) is 6.42. The lowest BCUT2D eigenvalue weighted by molar-refractivity contribution is -0.139. The molecule has 2 aliphatic rings. The summed E-state index contributed by atoms with van der Waals surface area (Å²) in [6, 6.07) is 0. The summed E-state index contributed by atoms with van der Waals surface area (Å²) in [6.45, 7) is 0. The lowest BCUT2D eigenvalue weighted by Gasteiger charge is -2.25. The highest BCUT2D eigenvalue weighted by atomic mass is 35.5. The van der Waals surface area contributed by atoms with Gasteiger partial charge in [-0.15, -0.1) is 23.4 Å². The normalized spacial score (nSPS) is 31.1. The zero-order chi connectivity index (χ0) is 10.4. The predicted molar refractivity (Wildman–Crippen MR) is 51.8 cm³/mol. The van der Waals surface area contributed by atoms with Gasteiger partial charge in [0.05, 0.1) is 11.6 Å². The van der Waals surface area contributed by atoms with Crippen LogP contribution in [0.3, 0.4) is 0 Å². The largest absolute Gasteiger partial charge is 0.414 e. The molecule has 0 N–H and O–H groups in total. The number of thioether (sulfide) groups is 1. The summed E-state index contributed by atoms with van der Waals surface area (Å²) in [4.78, 5) is 2.16. The van der Waals surface area contributed by atoms with Crippen molar-refractivity contribution >= 4 is 29.1 Å². The molecule has 1 heterocycles. The standard InChI is InChI=1S/C8H5ClF3NS/c9-7(8(10,11)12)2-1-5-6(3-7)14-4-13-5/h1-3H,4H2. The summed E-state index contributed by atoms with van der Waals surface area (Å²) < 4.78 is 37.5. The van der Waals surface area contributed by atoms with E-state index in [9.17, 15) is 13.2 Å². The Bertz CT molecular complexity index is 358. The van der Waals surface area contributed by atoms with Gasteiger partial charge in [-0.05, 0) is 18.2 Å². The maximum atomic E-state index is 12.5. The van der Waals surface area contributed by atoms with Crippen LogP contribution >= 0.6 is 23.4 Å². The molecule has 0 saturated heterocycles. The third kappa shape index (κ3) is 1.48. The molecule has 1 aliphatic carbocycles. The first kappa shape index (κ1) is 10.1. The number of rotatable bonds is 0. The van der Waals surface area contributed by atoms with Crippen molar-refractivity contribution in [2.45, 2.75) is 11.1 Å². The van der Waals surface area contributed by atoms with Gasteiger partial charge in [0.25, 0.3) is 0 Å². The summed E-state index contributed by atoms with van der Waals surface area (Å²) >= 11 is 6.73. The van der Waals surface area contributed by atoms with Crippen molar-refractivity contribution in [2.75, 3.05) is 5.88 Å². The lowest BCUT2D eigenvalue weighted by atomic mass is 10.0. The van der Waals surface area contributed by atoms with Crippen LogP contribution in [0.25, 0.3) is 0 Å². The molecule has 0 aromatic rings. The molecular formula is C8H5ClF3NS. The van der Waals surface area contributed by atoms with E-state index >= 15 is 0 Å². The average Bonchev–Trinajstić information content (AvgIpc) is 2.48. The zero-order valence-corrected chi connectivity index (χ0v) is 8.38. The Morgan fingerprint density at radius 2 is 2.21 bits per heavy atom. The second-order valence-electron chi connectivity index (χ2n) is 2.92. The fraction of sp³-hybridized carbons (Fsp3) is 0.375. The van der Waals surface area contributed by atoms with Crippen molar-refractivity contribution in [2.24, 2.45) is 4.99 Å². The van der Waals surface area contributed by atoms with Gasteiger partial charge in [-0.3, -0.25) is 4.99 Å². The van der Waals surface area contributed by atoms with Crippen molar-refractivity contribution in [3.63, 3.8) is 0 Å². The molecule has 0 bridgehead atoms. The minimum Gasteiger partial charge on any atom is -0.273 e. The molecule has 6 heteroatoms. The average molecular weight is 240 g/mol. The van der Waals surface area contributed by atoms with Crippen molar-refractivity contribution in [1.82, 2.24) is 0 Å². The topological polar surface area (TPSA) is 12.4 Å². The molecule has 0 amide bonds. The molecule has 2 rings (SSSR count). The van der Waals surface area contributed by atoms with Gasteiger partial charge in [0.2, 0.25) is 0 Å². The summed E-state index contributed by atoms with van der Waals surface area (Å²) in [6.07, 6.45) is -1.18. The van der Waals surface area contributed by atoms with Crippen molar-refractivity contribution in [3.05, 3.63) is 23.1 Å². The van der Waals surface area contributed by atoms with Crippen LogP contribution in [-0.4, -0.2) is 22.6 Å². The second kappa shape index (κ2) is 3.03. The second-order valence-corrected chi connectivity index (χ2v) is 4.54. The minimum atomic E-state index is -4.47. The molecule has 0 radical (unpaired) electrons. The fourth-order valence-corrected chi connectivity index (χ4v) is 2.32. The Morgan fingerprint density at radius 3 is 2.86 bits per heavy atom. The lowest BCUT2D eigenvalue weighted by Crippen LogP contribution is -2.37. The Balaban J connectivity index is 2.39. The first-order valence-electron chi connectivity index (χ1n) is 3.78. The Morgan fingerprint density at radius 1 is 1.50 bits per heavy atom. The molecule has 1 aliphatic heterocycles. The number of allylic oxidation sites excluding steroid dienone is 4. The molecule has 0 aromatic carbocycles. The number of fused-ring (bicyclic) bond motifs is 1. The third-order valence-electron chi connectivity index (χ3n) is 1.97. The quantitative estimate of drug-likeness (QED) is 0.592. The molecule has 0 saturated carbocycles. The number of nitrogens with zero attached hydrogens (tertiary/aromatic N) is 1. The van der Waals surface area contributed by atoms with Gasteiger partial charge in [-0.25, -0.2) is 0 Å². The molecule has 1 atom stereocenters. The Labute approximate surface area is 87.7 Å². The molecule has 14 heavy (non-hydrogen) atoms. The van der Waals surface area contributed by atoms with Crippen LogP contribution < -0.4 is 0 Å². The SMILES string of the molecule is FC(F)(F)C1(Cl)C=CC2=NCSC2=C1. The van der Waals surface area contributed by atoms with E-state index in [2.05, 4.69) is 4.99 Å². The van der Waals surface area contributed by atoms with Gasteiger partial charge in [-0.2, -0.15) is 13.2 Å². The maximum absolute atomic E-state index is 12.5. The van der Waals surface area contributed by atoms with Crippen LogP contribution in [0.1, 0.15) is 0 Å². The van der Waals surface area contributed by atoms with E-state index in [0.717, 1.165) is 12.2 Å². The van der Waals surface area contributed by atoms with Crippen molar-refractivity contribution in [1.29, 1.82) is 0 Å². The molecule has 1 nitrogen and oxygen atoms in total. The molecule has 1 unspecified atom stereocenters. The van der Waals surface area contributed by atoms with Gasteiger partial charge in [0, 0.05) is 4.91 Å². The molecule has 0 spiro atoms. The van der Waals surface area contributed by atoms with Crippen LogP contribution in [0, 0.1) is 0 Å². The number of halogens is 4. The molecule has 76 valence electrons. The monoisotopic (exact) mass is 239 g/mol. The van der Waals surface area contributed by atoms with Crippen LogP contribution in [0.2, 0.25) is 0 Å².